The van der Waals surface area contributed by atoms with Crippen LogP contribution in [0.1, 0.15) is 25.7 Å². The molecule has 0 aromatic heterocycles. The van der Waals surface area contributed by atoms with E-state index in [2.05, 4.69) is 18.4 Å². The number of hydrogen-bond acceptors (Lipinski definition) is 4. The minimum Gasteiger partial charge on any atom is -0.372 e. The number of alkyl halides is 4. The van der Waals surface area contributed by atoms with Gasteiger partial charge in [-0.25, -0.2) is 8.78 Å². The van der Waals surface area contributed by atoms with Gasteiger partial charge >= 0.3 is 12.3 Å². The maximum Gasteiger partial charge on any atom is 0.330 e. The number of ether oxygens (including phenoxy) is 1. The summed E-state index contributed by atoms with van der Waals surface area (Å²) < 4.78 is 55.5. The highest BCUT2D eigenvalue weighted by atomic mass is 32.2. The van der Waals surface area contributed by atoms with Gasteiger partial charge in [-0.3, -0.25) is 0 Å². The molecule has 1 nitrogen and oxygen atoms in total. The van der Waals surface area contributed by atoms with E-state index in [4.69, 9.17) is 4.74 Å². The molecule has 0 amide bonds. The van der Waals surface area contributed by atoms with E-state index in [-0.39, 0.29) is 6.10 Å². The van der Waals surface area contributed by atoms with Crippen molar-refractivity contribution in [3.8, 4) is 0 Å². The summed E-state index contributed by atoms with van der Waals surface area (Å²) in [6, 6.07) is 0. The highest BCUT2D eigenvalue weighted by Gasteiger charge is 2.41. The highest BCUT2D eigenvalue weighted by molar-refractivity contribution is 8.19. The zero-order valence-corrected chi connectivity index (χ0v) is 16.1. The Balaban J connectivity index is 1.65. The fourth-order valence-corrected chi connectivity index (χ4v) is 6.75. The van der Waals surface area contributed by atoms with Gasteiger partial charge in [-0.15, -0.1) is 23.5 Å². The lowest BCUT2D eigenvalue weighted by atomic mass is 9.87. The molecular formula is C16H24F4OS3. The fourth-order valence-electron chi connectivity index (χ4n) is 2.74. The molecule has 1 saturated carbocycles. The zero-order valence-electron chi connectivity index (χ0n) is 13.6. The number of allylic oxidation sites excluding steroid dienone is 1. The van der Waals surface area contributed by atoms with E-state index in [0.717, 1.165) is 18.1 Å². The molecule has 24 heavy (non-hydrogen) atoms. The van der Waals surface area contributed by atoms with Crippen LogP contribution in [0.4, 0.5) is 17.6 Å². The van der Waals surface area contributed by atoms with Crippen molar-refractivity contribution in [2.45, 2.75) is 54.0 Å². The van der Waals surface area contributed by atoms with Gasteiger partial charge in [0.1, 0.15) is 6.61 Å². The number of hydrogen-bond donors (Lipinski definition) is 0. The van der Waals surface area contributed by atoms with Crippen molar-refractivity contribution in [2.24, 2.45) is 5.92 Å². The minimum atomic E-state index is -4.04. The molecule has 1 heterocycles. The summed E-state index contributed by atoms with van der Waals surface area (Å²) in [5, 5.41) is 0.739. The summed E-state index contributed by atoms with van der Waals surface area (Å²) in [7, 11) is 0. The van der Waals surface area contributed by atoms with Crippen LogP contribution in [0.5, 0.6) is 0 Å². The van der Waals surface area contributed by atoms with E-state index in [1.807, 2.05) is 35.3 Å². The molecule has 0 aromatic rings. The second kappa shape index (κ2) is 9.97. The smallest absolute Gasteiger partial charge is 0.330 e. The van der Waals surface area contributed by atoms with Gasteiger partial charge in [0.15, 0.2) is 0 Å². The van der Waals surface area contributed by atoms with Crippen LogP contribution in [0.25, 0.3) is 0 Å². The lowest BCUT2D eigenvalue weighted by molar-refractivity contribution is -0.178. The van der Waals surface area contributed by atoms with Gasteiger partial charge in [-0.05, 0) is 37.9 Å². The van der Waals surface area contributed by atoms with E-state index in [1.165, 1.54) is 11.5 Å². The standard InChI is InChI=1S/C16H24F4OS3/c1-22-13-8-23-14(24-9-13)7-4-11-2-5-12(6-3-11)21-10-16(19,20)15(17)18/h4,7,11-15H,2-3,5-6,8-10H2,1H3/b7-4+. The Morgan fingerprint density at radius 2 is 1.75 bits per heavy atom. The van der Waals surface area contributed by atoms with Crippen molar-refractivity contribution in [3.05, 3.63) is 12.2 Å². The average Bonchev–Trinajstić information content (AvgIpc) is 2.59. The zero-order chi connectivity index (χ0) is 17.6. The van der Waals surface area contributed by atoms with Gasteiger partial charge in [0.05, 0.1) is 10.7 Å². The van der Waals surface area contributed by atoms with Crippen LogP contribution < -0.4 is 0 Å². The third-order valence-electron chi connectivity index (χ3n) is 4.32. The normalized spacial score (nSPS) is 32.6. The molecule has 0 unspecified atom stereocenters. The molecule has 0 N–H and O–H groups in total. The predicted octanol–water partition coefficient (Wildman–Crippen LogP) is 5.56. The number of rotatable bonds is 7. The first kappa shape index (κ1) is 20.8. The van der Waals surface area contributed by atoms with E-state index < -0.39 is 19.0 Å². The van der Waals surface area contributed by atoms with Gasteiger partial charge in [-0.1, -0.05) is 12.2 Å². The van der Waals surface area contributed by atoms with E-state index in [0.29, 0.717) is 23.3 Å². The molecule has 0 spiro atoms. The van der Waals surface area contributed by atoms with Crippen LogP contribution in [0.3, 0.4) is 0 Å². The summed E-state index contributed by atoms with van der Waals surface area (Å²) in [6.07, 6.45) is 5.75. The average molecular weight is 405 g/mol. The fraction of sp³-hybridized carbons (Fsp3) is 0.875. The van der Waals surface area contributed by atoms with E-state index in [9.17, 15) is 17.6 Å². The third-order valence-corrected chi connectivity index (χ3v) is 8.72. The third kappa shape index (κ3) is 6.65. The quantitative estimate of drug-likeness (QED) is 0.406. The predicted molar refractivity (Wildman–Crippen MR) is 97.8 cm³/mol. The van der Waals surface area contributed by atoms with Gasteiger partial charge in [0.25, 0.3) is 0 Å². The molecule has 0 bridgehead atoms. The van der Waals surface area contributed by atoms with Gasteiger partial charge in [0, 0.05) is 16.8 Å². The molecular weight excluding hydrogens is 380 g/mol. The van der Waals surface area contributed by atoms with Crippen LogP contribution in [0.15, 0.2) is 12.2 Å². The van der Waals surface area contributed by atoms with Gasteiger partial charge in [-0.2, -0.15) is 20.5 Å². The lowest BCUT2D eigenvalue weighted by Crippen LogP contribution is -2.35. The monoisotopic (exact) mass is 404 g/mol. The Hall–Kier alpha value is 0.470. The van der Waals surface area contributed by atoms with Crippen molar-refractivity contribution in [1.29, 1.82) is 0 Å². The molecule has 2 aliphatic rings. The second-order valence-electron chi connectivity index (χ2n) is 6.19. The Morgan fingerprint density at radius 3 is 2.29 bits per heavy atom. The van der Waals surface area contributed by atoms with Crippen LogP contribution >= 0.6 is 35.3 Å². The molecule has 0 atom stereocenters. The van der Waals surface area contributed by atoms with Crippen molar-refractivity contribution >= 4 is 35.3 Å². The molecule has 1 aliphatic carbocycles. The first-order valence-electron chi connectivity index (χ1n) is 8.12. The number of thioether (sulfide) groups is 3. The molecule has 8 heteroatoms. The summed E-state index contributed by atoms with van der Waals surface area (Å²) in [6.45, 7) is -1.18. The molecule has 0 aromatic carbocycles. The van der Waals surface area contributed by atoms with Crippen LogP contribution in [0.2, 0.25) is 0 Å². The Labute approximate surface area is 154 Å². The largest absolute Gasteiger partial charge is 0.372 e. The first-order valence-corrected chi connectivity index (χ1v) is 11.5. The van der Waals surface area contributed by atoms with E-state index >= 15 is 0 Å². The van der Waals surface area contributed by atoms with Crippen LogP contribution in [-0.4, -0.2) is 52.7 Å². The molecule has 140 valence electrons. The number of halogens is 4. The molecule has 1 saturated heterocycles. The van der Waals surface area contributed by atoms with Crippen molar-refractivity contribution in [3.63, 3.8) is 0 Å². The van der Waals surface area contributed by atoms with Crippen molar-refractivity contribution in [2.75, 3.05) is 24.4 Å². The van der Waals surface area contributed by atoms with Crippen LogP contribution in [-0.2, 0) is 4.74 Å². The molecule has 2 rings (SSSR count). The second-order valence-corrected chi connectivity index (χ2v) is 9.97. The molecule has 1 aliphatic heterocycles. The Morgan fingerprint density at radius 1 is 1.12 bits per heavy atom. The molecule has 0 radical (unpaired) electrons. The Kier molecular flexibility index (Phi) is 8.63. The summed E-state index contributed by atoms with van der Waals surface area (Å²) >= 11 is 5.87. The van der Waals surface area contributed by atoms with Crippen molar-refractivity contribution in [1.82, 2.24) is 0 Å². The first-order chi connectivity index (χ1) is 11.4. The summed E-state index contributed by atoms with van der Waals surface area (Å²) in [5.41, 5.74) is 0. The van der Waals surface area contributed by atoms with Gasteiger partial charge < -0.3 is 4.74 Å². The summed E-state index contributed by atoms with van der Waals surface area (Å²) in [5.74, 6) is -1.23. The van der Waals surface area contributed by atoms with Crippen LogP contribution in [0, 0.1) is 5.92 Å². The highest BCUT2D eigenvalue weighted by Crippen LogP contribution is 2.36. The maximum atomic E-state index is 12.9. The summed E-state index contributed by atoms with van der Waals surface area (Å²) in [4.78, 5) is 0. The van der Waals surface area contributed by atoms with Gasteiger partial charge in [0.2, 0.25) is 0 Å². The maximum absolute atomic E-state index is 12.9. The Bertz CT molecular complexity index is 393. The topological polar surface area (TPSA) is 9.23 Å². The SMILES string of the molecule is CSC1CSC(/C=C/C2CCC(OCC(F)(F)C(F)F)CC2)SC1. The minimum absolute atomic E-state index is 0.319. The molecule has 2 fully saturated rings. The van der Waals surface area contributed by atoms with E-state index in [1.54, 1.807) is 0 Å². The van der Waals surface area contributed by atoms with Crippen molar-refractivity contribution < 1.29 is 22.3 Å². The lowest BCUT2D eigenvalue weighted by Gasteiger charge is -2.29.